The Morgan fingerprint density at radius 3 is 2.42 bits per heavy atom. The second kappa shape index (κ2) is 5.92. The summed E-state index contributed by atoms with van der Waals surface area (Å²) in [5.74, 6) is -0.483. The molecule has 0 aliphatic heterocycles. The molecule has 0 N–H and O–H groups in total. The lowest BCUT2D eigenvalue weighted by atomic mass is 10.2. The van der Waals surface area contributed by atoms with Crippen molar-refractivity contribution >= 4 is 39.5 Å². The normalized spacial score (nSPS) is 11.1. The van der Waals surface area contributed by atoms with E-state index in [9.17, 15) is 9.59 Å². The molecule has 19 heavy (non-hydrogen) atoms. The van der Waals surface area contributed by atoms with E-state index in [-0.39, 0.29) is 0 Å². The molecule has 4 nitrogen and oxygen atoms in total. The smallest absolute Gasteiger partial charge is 0.417 e. The number of amides is 2. The van der Waals surface area contributed by atoms with E-state index in [0.29, 0.717) is 15.1 Å². The van der Waals surface area contributed by atoms with Gasteiger partial charge >= 0.3 is 6.09 Å². The van der Waals surface area contributed by atoms with Gasteiger partial charge in [0.15, 0.2) is 0 Å². The summed E-state index contributed by atoms with van der Waals surface area (Å²) in [6.45, 7) is 5.20. The minimum Gasteiger partial charge on any atom is -0.443 e. The van der Waals surface area contributed by atoms with Crippen molar-refractivity contribution in [3.63, 3.8) is 0 Å². The van der Waals surface area contributed by atoms with Crippen LogP contribution in [0.4, 0.5) is 4.79 Å². The highest BCUT2D eigenvalue weighted by Crippen LogP contribution is 2.23. The highest BCUT2D eigenvalue weighted by atomic mass is 79.9. The molecule has 0 heterocycles. The molecule has 0 aliphatic carbocycles. The Morgan fingerprint density at radius 2 is 1.89 bits per heavy atom. The fourth-order valence-corrected chi connectivity index (χ4v) is 1.84. The Bertz CT molecular complexity index is 511. The number of hydrogen-bond donors (Lipinski definition) is 0. The van der Waals surface area contributed by atoms with Gasteiger partial charge in [-0.3, -0.25) is 4.79 Å². The molecule has 0 saturated carbocycles. The lowest BCUT2D eigenvalue weighted by Crippen LogP contribution is -2.38. The van der Waals surface area contributed by atoms with Crippen LogP contribution in [0.3, 0.4) is 0 Å². The highest BCUT2D eigenvalue weighted by Gasteiger charge is 2.25. The number of carbonyl (C=O) groups excluding carboxylic acids is 2. The van der Waals surface area contributed by atoms with Crippen LogP contribution in [0.25, 0.3) is 0 Å². The number of benzene rings is 1. The van der Waals surface area contributed by atoms with Gasteiger partial charge < -0.3 is 4.74 Å². The van der Waals surface area contributed by atoms with Crippen LogP contribution in [0.15, 0.2) is 22.7 Å². The number of nitrogens with zero attached hydrogens (tertiary/aromatic N) is 1. The predicted octanol–water partition coefficient (Wildman–Crippen LogP) is 4.11. The Hall–Kier alpha value is -1.07. The molecule has 0 spiro atoms. The van der Waals surface area contributed by atoms with Crippen LogP contribution in [0, 0.1) is 0 Å². The zero-order valence-corrected chi connectivity index (χ0v) is 13.5. The second-order valence-electron chi connectivity index (χ2n) is 4.97. The minimum atomic E-state index is -0.704. The number of rotatable bonds is 1. The third kappa shape index (κ3) is 4.51. The minimum absolute atomic E-state index is 0.306. The van der Waals surface area contributed by atoms with Gasteiger partial charge in [0.2, 0.25) is 0 Å². The van der Waals surface area contributed by atoms with Gasteiger partial charge in [0, 0.05) is 16.5 Å². The first-order chi connectivity index (χ1) is 8.61. The van der Waals surface area contributed by atoms with Crippen LogP contribution < -0.4 is 0 Å². The lowest BCUT2D eigenvalue weighted by Gasteiger charge is -2.23. The highest BCUT2D eigenvalue weighted by molar-refractivity contribution is 9.10. The van der Waals surface area contributed by atoms with Gasteiger partial charge in [-0.15, -0.1) is 0 Å². The quantitative estimate of drug-likeness (QED) is 0.767. The monoisotopic (exact) mass is 347 g/mol. The molecule has 2 amide bonds. The molecule has 0 radical (unpaired) electrons. The van der Waals surface area contributed by atoms with E-state index >= 15 is 0 Å². The van der Waals surface area contributed by atoms with Crippen molar-refractivity contribution < 1.29 is 14.3 Å². The Labute approximate surface area is 125 Å². The van der Waals surface area contributed by atoms with Crippen molar-refractivity contribution in [1.29, 1.82) is 0 Å². The average molecular weight is 349 g/mol. The summed E-state index contributed by atoms with van der Waals surface area (Å²) < 4.78 is 5.70. The van der Waals surface area contributed by atoms with E-state index in [1.807, 2.05) is 0 Å². The molecule has 104 valence electrons. The summed E-state index contributed by atoms with van der Waals surface area (Å²) in [5.41, 5.74) is -0.349. The molecule has 0 aromatic heterocycles. The van der Waals surface area contributed by atoms with E-state index in [2.05, 4.69) is 15.9 Å². The third-order valence-corrected chi connectivity index (χ3v) is 3.06. The van der Waals surface area contributed by atoms with Gasteiger partial charge in [-0.2, -0.15) is 0 Å². The average Bonchev–Trinajstić information content (AvgIpc) is 2.28. The van der Waals surface area contributed by atoms with Crippen molar-refractivity contribution in [2.75, 3.05) is 7.05 Å². The maximum Gasteiger partial charge on any atom is 0.417 e. The van der Waals surface area contributed by atoms with Crippen LogP contribution in [0.1, 0.15) is 31.1 Å². The molecular formula is C13H15BrClNO3. The molecule has 0 bridgehead atoms. The second-order valence-corrected chi connectivity index (χ2v) is 6.26. The molecule has 1 aromatic rings. The molecule has 6 heteroatoms. The Balaban J connectivity index is 2.94. The molecule has 0 unspecified atom stereocenters. The summed E-state index contributed by atoms with van der Waals surface area (Å²) in [5, 5.41) is 0.420. The maximum atomic E-state index is 12.2. The van der Waals surface area contributed by atoms with Crippen LogP contribution >= 0.6 is 27.5 Å². The molecule has 0 aliphatic rings. The van der Waals surface area contributed by atoms with E-state index in [1.165, 1.54) is 13.1 Å². The van der Waals surface area contributed by atoms with Crippen molar-refractivity contribution in [2.45, 2.75) is 26.4 Å². The van der Waals surface area contributed by atoms with Crippen LogP contribution in [-0.2, 0) is 4.74 Å². The van der Waals surface area contributed by atoms with Crippen LogP contribution in [0.5, 0.6) is 0 Å². The fourth-order valence-electron chi connectivity index (χ4n) is 1.26. The largest absolute Gasteiger partial charge is 0.443 e. The molecule has 1 rings (SSSR count). The van der Waals surface area contributed by atoms with Crippen molar-refractivity contribution in [2.24, 2.45) is 0 Å². The Morgan fingerprint density at radius 1 is 1.32 bits per heavy atom. The maximum absolute atomic E-state index is 12.2. The van der Waals surface area contributed by atoms with Gasteiger partial charge in [0.25, 0.3) is 5.91 Å². The number of hydrogen-bond acceptors (Lipinski definition) is 3. The molecule has 0 atom stereocenters. The first kappa shape index (κ1) is 16.0. The zero-order chi connectivity index (χ0) is 14.8. The topological polar surface area (TPSA) is 46.6 Å². The fraction of sp³-hybridized carbons (Fsp3) is 0.385. The summed E-state index contributed by atoms with van der Waals surface area (Å²) in [6.07, 6.45) is -0.704. The molecule has 0 saturated heterocycles. The third-order valence-electron chi connectivity index (χ3n) is 2.13. The predicted molar refractivity (Wildman–Crippen MR) is 77.5 cm³/mol. The zero-order valence-electron chi connectivity index (χ0n) is 11.2. The van der Waals surface area contributed by atoms with E-state index in [4.69, 9.17) is 16.3 Å². The van der Waals surface area contributed by atoms with Gasteiger partial charge in [0.1, 0.15) is 5.60 Å². The number of imide groups is 1. The SMILES string of the molecule is CN(C(=O)OC(C)(C)C)C(=O)c1cc(Cl)ccc1Br. The first-order valence-electron chi connectivity index (χ1n) is 5.58. The molecular weight excluding hydrogens is 334 g/mol. The molecule has 0 fully saturated rings. The van der Waals surface area contributed by atoms with Crippen LogP contribution in [0.2, 0.25) is 5.02 Å². The Kier molecular flexibility index (Phi) is 4.98. The van der Waals surface area contributed by atoms with E-state index < -0.39 is 17.6 Å². The number of carbonyl (C=O) groups is 2. The summed E-state index contributed by atoms with van der Waals surface area (Å²) >= 11 is 9.10. The van der Waals surface area contributed by atoms with Crippen molar-refractivity contribution in [3.8, 4) is 0 Å². The summed E-state index contributed by atoms with van der Waals surface area (Å²) in [6, 6.07) is 4.79. The summed E-state index contributed by atoms with van der Waals surface area (Å²) in [7, 11) is 1.36. The van der Waals surface area contributed by atoms with Gasteiger partial charge in [0.05, 0.1) is 5.56 Å². The summed E-state index contributed by atoms with van der Waals surface area (Å²) in [4.78, 5) is 24.9. The van der Waals surface area contributed by atoms with Gasteiger partial charge in [-0.25, -0.2) is 9.69 Å². The first-order valence-corrected chi connectivity index (χ1v) is 6.75. The van der Waals surface area contributed by atoms with Gasteiger partial charge in [-0.1, -0.05) is 11.6 Å². The van der Waals surface area contributed by atoms with E-state index in [0.717, 1.165) is 4.90 Å². The molecule has 1 aromatic carbocycles. The lowest BCUT2D eigenvalue weighted by molar-refractivity contribution is 0.0284. The number of halogens is 2. The van der Waals surface area contributed by atoms with Crippen molar-refractivity contribution in [1.82, 2.24) is 4.90 Å². The number of ether oxygens (including phenoxy) is 1. The van der Waals surface area contributed by atoms with E-state index in [1.54, 1.807) is 32.9 Å². The van der Waals surface area contributed by atoms with Gasteiger partial charge in [-0.05, 0) is 54.9 Å². The van der Waals surface area contributed by atoms with Crippen molar-refractivity contribution in [3.05, 3.63) is 33.3 Å². The standard InChI is InChI=1S/C13H15BrClNO3/c1-13(2,3)19-12(18)16(4)11(17)9-7-8(15)5-6-10(9)14/h5-7H,1-4H3. The van der Waals surface area contributed by atoms with Crippen LogP contribution in [-0.4, -0.2) is 29.5 Å².